The molecule has 1 unspecified atom stereocenters. The van der Waals surface area contributed by atoms with Crippen molar-refractivity contribution in [3.8, 4) is 0 Å². The first kappa shape index (κ1) is 25.7. The molecule has 1 aliphatic rings. The summed E-state index contributed by atoms with van der Waals surface area (Å²) in [5.41, 5.74) is -0.561. The van der Waals surface area contributed by atoms with E-state index in [0.717, 1.165) is 36.4 Å². The summed E-state index contributed by atoms with van der Waals surface area (Å²) in [5.74, 6) is -2.44. The van der Waals surface area contributed by atoms with Gasteiger partial charge in [0.05, 0.1) is 21.2 Å². The molecule has 163 valence electrons. The Bertz CT molecular complexity index is 1320. The normalized spacial score (nSPS) is 16.7. The number of aliphatic carboxylic acids is 1. The molecule has 1 radical (unpaired) electrons. The Morgan fingerprint density at radius 1 is 0.906 bits per heavy atom. The Labute approximate surface area is 203 Å². The van der Waals surface area contributed by atoms with Crippen molar-refractivity contribution < 1.29 is 40.6 Å². The van der Waals surface area contributed by atoms with Gasteiger partial charge in [-0.25, -0.2) is 4.79 Å². The molecule has 2 aromatic rings. The van der Waals surface area contributed by atoms with Crippen LogP contribution in [-0.2, 0) is 29.8 Å². The number of azo groups is 1. The van der Waals surface area contributed by atoms with E-state index in [9.17, 15) is 31.5 Å². The van der Waals surface area contributed by atoms with Gasteiger partial charge in [0.25, 0.3) is 26.1 Å². The van der Waals surface area contributed by atoms with Crippen LogP contribution in [0.1, 0.15) is 0 Å². The molecule has 0 aromatic heterocycles. The smallest absolute Gasteiger partial charge is 0.355 e. The van der Waals surface area contributed by atoms with Gasteiger partial charge in [-0.3, -0.25) is 13.9 Å². The summed E-state index contributed by atoms with van der Waals surface area (Å²) in [6.07, 6.45) is 0. The summed E-state index contributed by atoms with van der Waals surface area (Å²) in [6.45, 7) is 0. The first-order valence-electron chi connectivity index (χ1n) is 8.09. The van der Waals surface area contributed by atoms with Crippen LogP contribution in [-0.4, -0.2) is 84.2 Å². The molecule has 16 heteroatoms. The van der Waals surface area contributed by atoms with Gasteiger partial charge in [-0.1, -0.05) is 0 Å². The largest absolute Gasteiger partial charge is 0.477 e. The van der Waals surface area contributed by atoms with Crippen molar-refractivity contribution in [1.29, 1.82) is 0 Å². The summed E-state index contributed by atoms with van der Waals surface area (Å²) >= 11 is 0. The van der Waals surface area contributed by atoms with Crippen LogP contribution in [0.2, 0.25) is 0 Å². The van der Waals surface area contributed by atoms with E-state index in [0.29, 0.717) is 5.01 Å². The fraction of sp³-hybridized carbons (Fsp3) is 0.0625. The molecule has 1 amide bonds. The molecule has 1 aliphatic heterocycles. The van der Waals surface area contributed by atoms with Gasteiger partial charge in [0.15, 0.2) is 5.71 Å². The number of hydrogen-bond donors (Lipinski definition) is 3. The molecule has 32 heavy (non-hydrogen) atoms. The SMILES string of the molecule is O=C(O)C1=NN(c2ccc(S(=O)(=O)O)cc2)C(=O)C1N=Nc1ccc(S(=O)(=O)O)cc1.[Na]. The summed E-state index contributed by atoms with van der Waals surface area (Å²) in [5, 5.41) is 21.1. The predicted molar refractivity (Wildman–Crippen MR) is 109 cm³/mol. The average Bonchev–Trinajstić information content (AvgIpc) is 3.02. The molecule has 0 saturated heterocycles. The number of anilines is 1. The van der Waals surface area contributed by atoms with Gasteiger partial charge in [0, 0.05) is 29.6 Å². The molecule has 3 N–H and O–H groups in total. The molecule has 0 saturated carbocycles. The molecular weight excluding hydrogens is 479 g/mol. The van der Waals surface area contributed by atoms with Gasteiger partial charge in [0.2, 0.25) is 6.04 Å². The maximum atomic E-state index is 12.6. The molecule has 0 fully saturated rings. The van der Waals surface area contributed by atoms with E-state index in [1.54, 1.807) is 0 Å². The Kier molecular flexibility index (Phi) is 7.67. The number of benzene rings is 2. The van der Waals surface area contributed by atoms with Crippen LogP contribution in [0.4, 0.5) is 11.4 Å². The van der Waals surface area contributed by atoms with Gasteiger partial charge in [-0.2, -0.15) is 37.2 Å². The van der Waals surface area contributed by atoms with Crippen LogP contribution in [0.5, 0.6) is 0 Å². The third-order valence-corrected chi connectivity index (χ3v) is 5.67. The molecule has 1 heterocycles. The molecule has 0 bridgehead atoms. The predicted octanol–water partition coefficient (Wildman–Crippen LogP) is 0.739. The van der Waals surface area contributed by atoms with E-state index in [4.69, 9.17) is 9.11 Å². The van der Waals surface area contributed by atoms with Gasteiger partial charge in [-0.05, 0) is 48.5 Å². The molecule has 13 nitrogen and oxygen atoms in total. The van der Waals surface area contributed by atoms with E-state index >= 15 is 0 Å². The van der Waals surface area contributed by atoms with Crippen molar-refractivity contribution in [3.63, 3.8) is 0 Å². The maximum Gasteiger partial charge on any atom is 0.355 e. The van der Waals surface area contributed by atoms with Gasteiger partial charge in [-0.15, -0.1) is 0 Å². The summed E-state index contributed by atoms with van der Waals surface area (Å²) in [7, 11) is -8.88. The zero-order valence-corrected chi connectivity index (χ0v) is 19.7. The molecule has 0 spiro atoms. The third-order valence-electron chi connectivity index (χ3n) is 3.93. The number of carboxylic acid groups (broad SMARTS) is 1. The number of nitrogens with zero attached hydrogens (tertiary/aromatic N) is 4. The Morgan fingerprint density at radius 2 is 1.38 bits per heavy atom. The third kappa shape index (κ3) is 5.63. The number of carboxylic acids is 1. The second-order valence-corrected chi connectivity index (χ2v) is 8.84. The van der Waals surface area contributed by atoms with Crippen LogP contribution >= 0.6 is 0 Å². The van der Waals surface area contributed by atoms with Crippen molar-refractivity contribution in [3.05, 3.63) is 48.5 Å². The van der Waals surface area contributed by atoms with Crippen molar-refractivity contribution in [2.24, 2.45) is 15.3 Å². The van der Waals surface area contributed by atoms with Gasteiger partial charge >= 0.3 is 5.97 Å². The number of hydrogen-bond acceptors (Lipinski definition) is 9. The van der Waals surface area contributed by atoms with Crippen LogP contribution in [0.25, 0.3) is 0 Å². The summed E-state index contributed by atoms with van der Waals surface area (Å²) in [4.78, 5) is 23.3. The topological polar surface area (TPSA) is 203 Å². The second kappa shape index (κ2) is 9.53. The number of carbonyl (C=O) groups excluding carboxylic acids is 1. The number of hydrazone groups is 1. The zero-order chi connectivity index (χ0) is 23.0. The second-order valence-electron chi connectivity index (χ2n) is 6.00. The van der Waals surface area contributed by atoms with Crippen molar-refractivity contribution >= 4 is 78.8 Å². The number of rotatable bonds is 6. The molecule has 0 aliphatic carbocycles. The van der Waals surface area contributed by atoms with Crippen molar-refractivity contribution in [1.82, 2.24) is 0 Å². The quantitative estimate of drug-likeness (QED) is 0.296. The fourth-order valence-corrected chi connectivity index (χ4v) is 3.42. The van der Waals surface area contributed by atoms with Crippen LogP contribution in [0.15, 0.2) is 73.7 Å². The van der Waals surface area contributed by atoms with Crippen LogP contribution in [0.3, 0.4) is 0 Å². The van der Waals surface area contributed by atoms with Gasteiger partial charge < -0.3 is 5.11 Å². The fourth-order valence-electron chi connectivity index (χ4n) is 2.46. The van der Waals surface area contributed by atoms with E-state index in [-0.39, 0.29) is 40.9 Å². The number of carbonyl (C=O) groups is 2. The van der Waals surface area contributed by atoms with Crippen molar-refractivity contribution in [2.75, 3.05) is 5.01 Å². The van der Waals surface area contributed by atoms with Gasteiger partial charge in [0.1, 0.15) is 0 Å². The van der Waals surface area contributed by atoms with Crippen LogP contribution < -0.4 is 5.01 Å². The summed E-state index contributed by atoms with van der Waals surface area (Å²) in [6, 6.07) is 7.07. The first-order valence-corrected chi connectivity index (χ1v) is 11.0. The minimum absolute atomic E-state index is 0. The monoisotopic (exact) mass is 491 g/mol. The van der Waals surface area contributed by atoms with E-state index < -0.39 is 53.7 Å². The van der Waals surface area contributed by atoms with E-state index in [1.165, 1.54) is 12.1 Å². The van der Waals surface area contributed by atoms with E-state index in [1.807, 2.05) is 0 Å². The Morgan fingerprint density at radius 3 is 1.81 bits per heavy atom. The zero-order valence-electron chi connectivity index (χ0n) is 16.1. The molecule has 2 aromatic carbocycles. The Balaban J connectivity index is 0.00000363. The van der Waals surface area contributed by atoms with Crippen LogP contribution in [0, 0.1) is 0 Å². The average molecular weight is 491 g/mol. The summed E-state index contributed by atoms with van der Waals surface area (Å²) < 4.78 is 62.3. The minimum Gasteiger partial charge on any atom is -0.477 e. The van der Waals surface area contributed by atoms with Crippen molar-refractivity contribution in [2.45, 2.75) is 15.8 Å². The number of amides is 1. The maximum absolute atomic E-state index is 12.6. The first-order chi connectivity index (χ1) is 14.4. The minimum atomic E-state index is -4.46. The molecule has 3 rings (SSSR count). The standard InChI is InChI=1S/C16H12N4O9S2.Na/c21-15-13(18-17-9-1-5-11(6-2-9)30(24,25)26)14(16(22)23)19-20(15)10-3-7-12(8-4-10)31(27,28)29;/h1-8,13H,(H,22,23)(H,24,25,26)(H,27,28,29);. The molecular formula is C16H12N4NaO9S2. The Hall–Kier alpha value is -2.53. The van der Waals surface area contributed by atoms with E-state index in [2.05, 4.69) is 15.3 Å². The molecule has 1 atom stereocenters.